The lowest BCUT2D eigenvalue weighted by molar-refractivity contribution is -0.230. The molecule has 6 heteroatoms. The van der Waals surface area contributed by atoms with Gasteiger partial charge < -0.3 is 24.1 Å². The zero-order chi connectivity index (χ0) is 17.3. The van der Waals surface area contributed by atoms with E-state index in [2.05, 4.69) is 0 Å². The number of halogens is 1. The molecule has 1 aromatic rings. The summed E-state index contributed by atoms with van der Waals surface area (Å²) in [5.74, 6) is -0.720. The molecule has 3 rings (SSSR count). The van der Waals surface area contributed by atoms with Crippen LogP contribution in [0.25, 0.3) is 0 Å². The van der Waals surface area contributed by atoms with Gasteiger partial charge in [0.05, 0.1) is 12.7 Å². The van der Waals surface area contributed by atoms with Gasteiger partial charge in [-0.3, -0.25) is 0 Å². The van der Waals surface area contributed by atoms with Gasteiger partial charge in [0.25, 0.3) is 0 Å². The Morgan fingerprint density at radius 1 is 1.29 bits per heavy atom. The highest BCUT2D eigenvalue weighted by atomic mass is 35.5. The molecule has 0 saturated carbocycles. The minimum absolute atomic E-state index is 0.329. The summed E-state index contributed by atoms with van der Waals surface area (Å²) in [5.41, 5.74) is 0.893. The summed E-state index contributed by atoms with van der Waals surface area (Å²) >= 11 is 6.20. The molecule has 0 unspecified atom stereocenters. The van der Waals surface area contributed by atoms with Gasteiger partial charge in [0.2, 0.25) is 0 Å². The number of hydrogen-bond donors (Lipinski definition) is 1. The molecule has 0 radical (unpaired) electrons. The van der Waals surface area contributed by atoms with Crippen LogP contribution < -0.4 is 0 Å². The first-order valence-electron chi connectivity index (χ1n) is 8.45. The summed E-state index contributed by atoms with van der Waals surface area (Å²) < 4.78 is 23.7. The zero-order valence-corrected chi connectivity index (χ0v) is 15.0. The fourth-order valence-corrected chi connectivity index (χ4v) is 3.46. The highest BCUT2D eigenvalue weighted by molar-refractivity contribution is 6.31. The van der Waals surface area contributed by atoms with E-state index in [1.165, 1.54) is 0 Å². The molecule has 0 bridgehead atoms. The molecule has 5 atom stereocenters. The van der Waals surface area contributed by atoms with Crippen molar-refractivity contribution in [2.24, 2.45) is 0 Å². The van der Waals surface area contributed by atoms with Gasteiger partial charge in [-0.05, 0) is 31.9 Å². The van der Waals surface area contributed by atoms with Gasteiger partial charge in [0.15, 0.2) is 12.1 Å². The fraction of sp³-hybridized carbons (Fsp3) is 0.667. The van der Waals surface area contributed by atoms with Crippen molar-refractivity contribution in [1.82, 2.24) is 0 Å². The monoisotopic (exact) mass is 356 g/mol. The van der Waals surface area contributed by atoms with Gasteiger partial charge in [0, 0.05) is 5.02 Å². The molecular weight excluding hydrogens is 332 g/mol. The normalized spacial score (nSPS) is 32.7. The standard InChI is InChI=1S/C18H25ClO5/c1-4-7-13(20)14-15(16-17(22-14)24-18(2,3)23-16)21-10-11-8-5-6-9-12(11)19/h5-6,8-9,13-17,20H,4,7,10H2,1-3H3/t13-,14-,15+,16-,17-/m1/s1. The second kappa shape index (κ2) is 7.28. The number of aliphatic hydroxyl groups excluding tert-OH is 1. The number of aliphatic hydroxyl groups is 1. The molecule has 2 aliphatic heterocycles. The van der Waals surface area contributed by atoms with Crippen LogP contribution in [0.4, 0.5) is 0 Å². The maximum Gasteiger partial charge on any atom is 0.190 e. The average Bonchev–Trinajstić information content (AvgIpc) is 2.99. The van der Waals surface area contributed by atoms with Gasteiger partial charge in [-0.1, -0.05) is 43.1 Å². The number of hydrogen-bond acceptors (Lipinski definition) is 5. The van der Waals surface area contributed by atoms with Gasteiger partial charge >= 0.3 is 0 Å². The minimum atomic E-state index is -0.720. The molecule has 0 spiro atoms. The van der Waals surface area contributed by atoms with E-state index in [0.717, 1.165) is 12.0 Å². The first kappa shape index (κ1) is 18.1. The maximum atomic E-state index is 10.4. The van der Waals surface area contributed by atoms with Crippen LogP contribution in [0.3, 0.4) is 0 Å². The Kier molecular flexibility index (Phi) is 5.49. The highest BCUT2D eigenvalue weighted by Crippen LogP contribution is 2.40. The van der Waals surface area contributed by atoms with Crippen molar-refractivity contribution in [1.29, 1.82) is 0 Å². The SMILES string of the molecule is CCC[C@@H](O)[C@H]1O[C@@H]2OC(C)(C)O[C@@H]2[C@H]1OCc1ccccc1Cl. The highest BCUT2D eigenvalue weighted by Gasteiger charge is 2.56. The Labute approximate surface area is 147 Å². The van der Waals surface area contributed by atoms with E-state index in [9.17, 15) is 5.11 Å². The van der Waals surface area contributed by atoms with Crippen molar-refractivity contribution < 1.29 is 24.1 Å². The number of fused-ring (bicyclic) bond motifs is 1. The van der Waals surface area contributed by atoms with Crippen LogP contribution >= 0.6 is 11.6 Å². The summed E-state index contributed by atoms with van der Waals surface area (Å²) in [5, 5.41) is 11.1. The topological polar surface area (TPSA) is 57.2 Å². The van der Waals surface area contributed by atoms with Crippen LogP contribution in [-0.2, 0) is 25.6 Å². The summed E-state index contributed by atoms with van der Waals surface area (Å²) in [7, 11) is 0. The third-order valence-electron chi connectivity index (χ3n) is 4.38. The van der Waals surface area contributed by atoms with Gasteiger partial charge in [-0.2, -0.15) is 0 Å². The van der Waals surface area contributed by atoms with Crippen molar-refractivity contribution in [3.8, 4) is 0 Å². The number of rotatable bonds is 6. The van der Waals surface area contributed by atoms with Gasteiger partial charge in [0.1, 0.15) is 18.3 Å². The fourth-order valence-electron chi connectivity index (χ4n) is 3.27. The molecule has 2 fully saturated rings. The third-order valence-corrected chi connectivity index (χ3v) is 4.75. The molecule has 2 aliphatic rings. The van der Waals surface area contributed by atoms with E-state index in [1.807, 2.05) is 45.0 Å². The van der Waals surface area contributed by atoms with Crippen LogP contribution in [-0.4, -0.2) is 41.6 Å². The first-order valence-corrected chi connectivity index (χ1v) is 8.83. The van der Waals surface area contributed by atoms with Crippen LogP contribution in [0.5, 0.6) is 0 Å². The summed E-state index contributed by atoms with van der Waals surface area (Å²) in [6, 6.07) is 7.55. The Morgan fingerprint density at radius 3 is 2.75 bits per heavy atom. The molecule has 1 N–H and O–H groups in total. The predicted molar refractivity (Wildman–Crippen MR) is 89.6 cm³/mol. The number of benzene rings is 1. The van der Waals surface area contributed by atoms with E-state index in [0.29, 0.717) is 18.1 Å². The molecular formula is C18H25ClO5. The summed E-state index contributed by atoms with van der Waals surface area (Å²) in [6.45, 7) is 6.04. The molecule has 1 aromatic carbocycles. The second-order valence-electron chi connectivity index (χ2n) is 6.79. The van der Waals surface area contributed by atoms with Crippen molar-refractivity contribution in [2.45, 2.75) is 76.7 Å². The van der Waals surface area contributed by atoms with Crippen molar-refractivity contribution in [2.75, 3.05) is 0 Å². The van der Waals surface area contributed by atoms with E-state index < -0.39 is 30.4 Å². The molecule has 0 amide bonds. The first-order chi connectivity index (χ1) is 11.4. The minimum Gasteiger partial charge on any atom is -0.390 e. The predicted octanol–water partition coefficient (Wildman–Crippen LogP) is 3.26. The molecule has 134 valence electrons. The van der Waals surface area contributed by atoms with Gasteiger partial charge in [-0.15, -0.1) is 0 Å². The van der Waals surface area contributed by atoms with Crippen molar-refractivity contribution in [3.05, 3.63) is 34.9 Å². The Bertz CT molecular complexity index is 564. The van der Waals surface area contributed by atoms with E-state index in [-0.39, 0.29) is 6.10 Å². The average molecular weight is 357 g/mol. The molecule has 2 saturated heterocycles. The van der Waals surface area contributed by atoms with Crippen LogP contribution in [0.15, 0.2) is 24.3 Å². The van der Waals surface area contributed by atoms with Crippen molar-refractivity contribution in [3.63, 3.8) is 0 Å². The molecule has 5 nitrogen and oxygen atoms in total. The quantitative estimate of drug-likeness (QED) is 0.847. The number of ether oxygens (including phenoxy) is 4. The second-order valence-corrected chi connectivity index (χ2v) is 7.20. The molecule has 0 aliphatic carbocycles. The zero-order valence-electron chi connectivity index (χ0n) is 14.3. The Hall–Kier alpha value is -0.690. The van der Waals surface area contributed by atoms with E-state index in [1.54, 1.807) is 0 Å². The molecule has 0 aromatic heterocycles. The lowest BCUT2D eigenvalue weighted by Gasteiger charge is -2.28. The smallest absolute Gasteiger partial charge is 0.190 e. The summed E-state index contributed by atoms with van der Waals surface area (Å²) in [4.78, 5) is 0. The Morgan fingerprint density at radius 2 is 2.04 bits per heavy atom. The molecule has 24 heavy (non-hydrogen) atoms. The largest absolute Gasteiger partial charge is 0.390 e. The van der Waals surface area contributed by atoms with Crippen molar-refractivity contribution >= 4 is 11.6 Å². The Balaban J connectivity index is 1.73. The lowest BCUT2D eigenvalue weighted by Crippen LogP contribution is -2.42. The van der Waals surface area contributed by atoms with Gasteiger partial charge in [-0.25, -0.2) is 0 Å². The molecule has 2 heterocycles. The summed E-state index contributed by atoms with van der Waals surface area (Å²) in [6.07, 6.45) is -0.882. The van der Waals surface area contributed by atoms with Crippen LogP contribution in [0.1, 0.15) is 39.2 Å². The van der Waals surface area contributed by atoms with Crippen LogP contribution in [0.2, 0.25) is 5.02 Å². The lowest BCUT2D eigenvalue weighted by atomic mass is 10.0. The van der Waals surface area contributed by atoms with E-state index in [4.69, 9.17) is 30.5 Å². The van der Waals surface area contributed by atoms with Crippen LogP contribution in [0, 0.1) is 0 Å². The third kappa shape index (κ3) is 3.77. The maximum absolute atomic E-state index is 10.4. The van der Waals surface area contributed by atoms with E-state index >= 15 is 0 Å².